The summed E-state index contributed by atoms with van der Waals surface area (Å²) < 4.78 is 31.7. The largest absolute Gasteiger partial charge is 0.746 e. The SMILES string of the molecule is N[P+](=O)OS(=O)[O-]. The summed E-state index contributed by atoms with van der Waals surface area (Å²) in [7, 11) is -2.50. The van der Waals surface area contributed by atoms with Crippen LogP contribution in [0.3, 0.4) is 0 Å². The van der Waals surface area contributed by atoms with Crippen LogP contribution in [0.1, 0.15) is 0 Å². The molecule has 0 aliphatic rings. The Morgan fingerprint density at radius 3 is 2.29 bits per heavy atom. The molecular weight excluding hydrogens is 141 g/mol. The van der Waals surface area contributed by atoms with E-state index in [9.17, 15) is 13.3 Å². The summed E-state index contributed by atoms with van der Waals surface area (Å²) in [5.74, 6) is 0. The van der Waals surface area contributed by atoms with Gasteiger partial charge in [0.1, 0.15) is 11.4 Å². The highest BCUT2D eigenvalue weighted by atomic mass is 32.2. The molecule has 0 amide bonds. The molecule has 0 radical (unpaired) electrons. The zero-order valence-electron chi connectivity index (χ0n) is 3.07. The molecule has 2 atom stereocenters. The molecule has 0 heterocycles. The third-order valence-corrected chi connectivity index (χ3v) is 1.21. The Balaban J connectivity index is 3.32. The third kappa shape index (κ3) is 6.13. The molecule has 0 saturated heterocycles. The van der Waals surface area contributed by atoms with Gasteiger partial charge in [-0.05, 0) is 8.54 Å². The summed E-state index contributed by atoms with van der Waals surface area (Å²) >= 11 is -2.75. The van der Waals surface area contributed by atoms with Crippen LogP contribution in [0.15, 0.2) is 0 Å². The van der Waals surface area contributed by atoms with E-state index in [-0.39, 0.29) is 0 Å². The summed E-state index contributed by atoms with van der Waals surface area (Å²) in [6.07, 6.45) is 0. The maximum absolute atomic E-state index is 9.56. The van der Waals surface area contributed by atoms with E-state index in [0.29, 0.717) is 0 Å². The van der Waals surface area contributed by atoms with Crippen molar-refractivity contribution in [1.29, 1.82) is 0 Å². The first kappa shape index (κ1) is 7.13. The predicted octanol–water partition coefficient (Wildman–Crippen LogP) is -0.587. The molecule has 0 fully saturated rings. The Bertz CT molecular complexity index is 87.9. The molecule has 5 nitrogen and oxygen atoms in total. The van der Waals surface area contributed by atoms with Gasteiger partial charge < -0.3 is 4.55 Å². The third-order valence-electron chi connectivity index (χ3n) is 0.134. The molecule has 0 aromatic carbocycles. The molecule has 0 aromatic heterocycles. The van der Waals surface area contributed by atoms with E-state index >= 15 is 0 Å². The lowest BCUT2D eigenvalue weighted by atomic mass is 13.9. The van der Waals surface area contributed by atoms with Crippen LogP contribution in [0, 0.1) is 0 Å². The molecule has 0 aliphatic heterocycles. The molecule has 42 valence electrons. The Hall–Kier alpha value is 0.130. The Morgan fingerprint density at radius 1 is 1.86 bits per heavy atom. The smallest absolute Gasteiger partial charge is 0.623 e. The Kier molecular flexibility index (Phi) is 3.23. The fraction of sp³-hybridized carbons (Fsp3) is 0. The molecule has 7 heavy (non-hydrogen) atoms. The van der Waals surface area contributed by atoms with Crippen molar-refractivity contribution in [2.24, 2.45) is 5.50 Å². The van der Waals surface area contributed by atoms with Crippen LogP contribution in [0.25, 0.3) is 0 Å². The molecular formula is H2NO4PS. The Labute approximate surface area is 43.3 Å². The standard InChI is InChI=1S/H2NO4PS/c1-6(2)5-7(3)4/h(H2-,1,2,3,4). The summed E-state index contributed by atoms with van der Waals surface area (Å²) in [6, 6.07) is 0. The van der Waals surface area contributed by atoms with Gasteiger partial charge in [-0.2, -0.15) is 0 Å². The van der Waals surface area contributed by atoms with Crippen LogP contribution >= 0.6 is 8.18 Å². The van der Waals surface area contributed by atoms with Gasteiger partial charge in [0.25, 0.3) is 0 Å². The molecule has 0 rings (SSSR count). The fourth-order valence-corrected chi connectivity index (χ4v) is 0.540. The van der Waals surface area contributed by atoms with Gasteiger partial charge in [-0.3, -0.25) is 0 Å². The van der Waals surface area contributed by atoms with Crippen molar-refractivity contribution >= 4 is 19.5 Å². The fourth-order valence-electron chi connectivity index (χ4n) is 0.0600. The van der Waals surface area contributed by atoms with Gasteiger partial charge in [0, 0.05) is 0 Å². The topological polar surface area (TPSA) is 92.5 Å². The molecule has 0 saturated carbocycles. The van der Waals surface area contributed by atoms with E-state index in [2.05, 4.69) is 9.47 Å². The lowest BCUT2D eigenvalue weighted by Crippen LogP contribution is -1.89. The van der Waals surface area contributed by atoms with Crippen molar-refractivity contribution in [2.75, 3.05) is 0 Å². The molecule has 2 unspecified atom stereocenters. The van der Waals surface area contributed by atoms with Gasteiger partial charge in [-0.25, -0.2) is 4.21 Å². The van der Waals surface area contributed by atoms with Crippen molar-refractivity contribution in [3.05, 3.63) is 0 Å². The molecule has 0 bridgehead atoms. The van der Waals surface area contributed by atoms with Crippen LogP contribution in [-0.2, 0) is 19.9 Å². The minimum Gasteiger partial charge on any atom is -0.746 e. The lowest BCUT2D eigenvalue weighted by Gasteiger charge is -1.87. The van der Waals surface area contributed by atoms with Crippen molar-refractivity contribution in [3.63, 3.8) is 0 Å². The van der Waals surface area contributed by atoms with Gasteiger partial charge in [-0.15, -0.1) is 0 Å². The highest BCUT2D eigenvalue weighted by Gasteiger charge is 2.07. The zero-order chi connectivity index (χ0) is 5.86. The quantitative estimate of drug-likeness (QED) is 0.412. The number of rotatable bonds is 2. The summed E-state index contributed by atoms with van der Waals surface area (Å²) in [5, 5.41) is 0. The number of hydrogen-bond acceptors (Lipinski definition) is 4. The molecule has 0 spiro atoms. The Morgan fingerprint density at radius 2 is 2.29 bits per heavy atom. The monoisotopic (exact) mass is 143 g/mol. The first-order valence-corrected chi connectivity index (χ1v) is 3.37. The van der Waals surface area contributed by atoms with E-state index in [0.717, 1.165) is 0 Å². The van der Waals surface area contributed by atoms with Crippen LogP contribution in [0.2, 0.25) is 0 Å². The first-order valence-electron chi connectivity index (χ1n) is 1.12. The minimum absolute atomic E-state index is 2.50. The summed E-state index contributed by atoms with van der Waals surface area (Å²) in [6.45, 7) is 0. The highest BCUT2D eigenvalue weighted by Crippen LogP contribution is 2.09. The molecule has 0 aromatic rings. The van der Waals surface area contributed by atoms with Crippen molar-refractivity contribution in [2.45, 2.75) is 0 Å². The van der Waals surface area contributed by atoms with E-state index < -0.39 is 19.5 Å². The summed E-state index contributed by atoms with van der Waals surface area (Å²) in [4.78, 5) is 0. The second kappa shape index (κ2) is 3.17. The van der Waals surface area contributed by atoms with Crippen LogP contribution in [0.5, 0.6) is 0 Å². The van der Waals surface area contributed by atoms with Gasteiger partial charge in [0.2, 0.25) is 0 Å². The average Bonchev–Trinajstić information content (AvgIpc) is 1.27. The van der Waals surface area contributed by atoms with E-state index in [4.69, 9.17) is 0 Å². The van der Waals surface area contributed by atoms with Gasteiger partial charge in [0.15, 0.2) is 0 Å². The van der Waals surface area contributed by atoms with Crippen LogP contribution in [-0.4, -0.2) is 8.76 Å². The van der Waals surface area contributed by atoms with Crippen LogP contribution in [0.4, 0.5) is 0 Å². The predicted molar refractivity (Wildman–Crippen MR) is 21.8 cm³/mol. The average molecular weight is 143 g/mol. The van der Waals surface area contributed by atoms with Crippen LogP contribution < -0.4 is 5.50 Å². The van der Waals surface area contributed by atoms with Crippen molar-refractivity contribution in [3.8, 4) is 0 Å². The summed E-state index contributed by atoms with van der Waals surface area (Å²) in [5.41, 5.74) is 4.39. The molecule has 2 N–H and O–H groups in total. The molecule has 7 heteroatoms. The van der Waals surface area contributed by atoms with Gasteiger partial charge in [0.05, 0.1) is 0 Å². The number of hydrogen-bond donors (Lipinski definition) is 1. The first-order chi connectivity index (χ1) is 3.13. The maximum atomic E-state index is 9.56. The van der Waals surface area contributed by atoms with Crippen molar-refractivity contribution < 1.29 is 17.3 Å². The molecule has 0 aliphatic carbocycles. The maximum Gasteiger partial charge on any atom is 0.623 e. The number of nitrogens with two attached hydrogens (primary N) is 1. The van der Waals surface area contributed by atoms with E-state index in [1.54, 1.807) is 0 Å². The van der Waals surface area contributed by atoms with E-state index in [1.807, 2.05) is 0 Å². The van der Waals surface area contributed by atoms with Gasteiger partial charge in [-0.1, -0.05) is 5.50 Å². The minimum atomic E-state index is -2.75. The van der Waals surface area contributed by atoms with Gasteiger partial charge >= 0.3 is 8.18 Å². The normalized spacial score (nSPS) is 16.0. The van der Waals surface area contributed by atoms with Crippen molar-refractivity contribution in [1.82, 2.24) is 0 Å². The van der Waals surface area contributed by atoms with E-state index in [1.165, 1.54) is 0 Å². The lowest BCUT2D eigenvalue weighted by molar-refractivity contribution is 0.439. The zero-order valence-corrected chi connectivity index (χ0v) is 4.78. The highest BCUT2D eigenvalue weighted by molar-refractivity contribution is 7.78. The second-order valence-corrected chi connectivity index (χ2v) is 2.14. The second-order valence-electron chi connectivity index (χ2n) is 0.564.